The highest BCUT2D eigenvalue weighted by molar-refractivity contribution is 7.89. The molecule has 0 bridgehead atoms. The predicted molar refractivity (Wildman–Crippen MR) is 141 cm³/mol. The van der Waals surface area contributed by atoms with Crippen molar-refractivity contribution in [2.75, 3.05) is 11.6 Å². The monoisotopic (exact) mass is 537 g/mol. The molecular weight excluding hydrogens is 514 g/mol. The van der Waals surface area contributed by atoms with Crippen LogP contribution < -0.4 is 5.01 Å². The van der Waals surface area contributed by atoms with E-state index < -0.39 is 33.4 Å². The number of aliphatic carboxylic acids is 1. The molecular formula is C27H24ClN3O5S. The number of sulfonamides is 1. The zero-order chi connectivity index (χ0) is 26.4. The molecule has 1 amide bonds. The van der Waals surface area contributed by atoms with Crippen LogP contribution in [0.5, 0.6) is 0 Å². The summed E-state index contributed by atoms with van der Waals surface area (Å²) in [5.41, 5.74) is 0.932. The van der Waals surface area contributed by atoms with Crippen LogP contribution in [0.25, 0.3) is 11.1 Å². The van der Waals surface area contributed by atoms with Gasteiger partial charge in [0.2, 0.25) is 10.0 Å². The van der Waals surface area contributed by atoms with E-state index >= 15 is 0 Å². The Bertz CT molecular complexity index is 1490. The number of piperidine rings is 1. The first-order valence-corrected chi connectivity index (χ1v) is 13.6. The third-order valence-electron chi connectivity index (χ3n) is 7.06. The van der Waals surface area contributed by atoms with Crippen LogP contribution in [0.2, 0.25) is 5.02 Å². The molecule has 0 aromatic heterocycles. The van der Waals surface area contributed by atoms with Crippen LogP contribution in [0, 0.1) is 5.41 Å². The third kappa shape index (κ3) is 4.03. The Balaban J connectivity index is 1.52. The summed E-state index contributed by atoms with van der Waals surface area (Å²) in [6, 6.07) is 20.4. The topological polar surface area (TPSA) is 107 Å². The Morgan fingerprint density at radius 1 is 1.03 bits per heavy atom. The van der Waals surface area contributed by atoms with Gasteiger partial charge in [-0.1, -0.05) is 61.0 Å². The first-order chi connectivity index (χ1) is 17.7. The average molecular weight is 538 g/mol. The number of carbonyl (C=O) groups is 2. The molecule has 0 spiro atoms. The van der Waals surface area contributed by atoms with Gasteiger partial charge in [-0.3, -0.25) is 9.59 Å². The van der Waals surface area contributed by atoms with Crippen LogP contribution in [0.1, 0.15) is 19.8 Å². The Kier molecular flexibility index (Phi) is 6.39. The van der Waals surface area contributed by atoms with Crippen molar-refractivity contribution in [3.63, 3.8) is 0 Å². The lowest BCUT2D eigenvalue weighted by Gasteiger charge is -2.43. The molecule has 0 aliphatic carbocycles. The molecule has 37 heavy (non-hydrogen) atoms. The highest BCUT2D eigenvalue weighted by atomic mass is 35.5. The van der Waals surface area contributed by atoms with E-state index in [0.29, 0.717) is 16.4 Å². The fourth-order valence-corrected chi connectivity index (χ4v) is 6.95. The lowest BCUT2D eigenvalue weighted by Crippen LogP contribution is -2.64. The number of hydrogen-bond donors (Lipinski definition) is 1. The number of para-hydroxylation sites is 1. The smallest absolute Gasteiger partial charge is 0.323 e. The van der Waals surface area contributed by atoms with Gasteiger partial charge in [0.1, 0.15) is 11.5 Å². The number of carboxylic acid groups (broad SMARTS) is 1. The average Bonchev–Trinajstić information content (AvgIpc) is 3.21. The lowest BCUT2D eigenvalue weighted by atomic mass is 9.70. The summed E-state index contributed by atoms with van der Waals surface area (Å²) in [5.74, 6) is -1.93. The molecule has 190 valence electrons. The summed E-state index contributed by atoms with van der Waals surface area (Å²) in [5, 5.41) is 16.6. The van der Waals surface area contributed by atoms with Gasteiger partial charge in [-0.25, -0.2) is 8.42 Å². The number of anilines is 1. The number of rotatable bonds is 6. The van der Waals surface area contributed by atoms with Gasteiger partial charge in [0.15, 0.2) is 0 Å². The van der Waals surface area contributed by atoms with Gasteiger partial charge >= 0.3 is 5.97 Å². The standard InChI is InChI=1S/C27H24ClN3O5S/c1-2-27-23(29-31(26(27)34)21-6-4-3-5-7-21)16-17-30(24(27)25(32)33)37(35,36)22-14-10-19(11-15-22)18-8-12-20(28)13-9-18/h3-15,24H,2,16-17H2,1H3,(H,32,33)/t24-,27-/m0/s1. The molecule has 5 rings (SSSR count). The number of hydrazone groups is 1. The molecule has 1 saturated heterocycles. The van der Waals surface area contributed by atoms with E-state index in [2.05, 4.69) is 5.10 Å². The summed E-state index contributed by atoms with van der Waals surface area (Å²) in [7, 11) is -4.25. The number of hydrogen-bond acceptors (Lipinski definition) is 5. The number of benzene rings is 3. The minimum absolute atomic E-state index is 0.0477. The molecule has 0 saturated carbocycles. The number of amides is 1. The van der Waals surface area contributed by atoms with Crippen molar-refractivity contribution >= 4 is 44.9 Å². The van der Waals surface area contributed by atoms with Crippen LogP contribution >= 0.6 is 11.6 Å². The van der Waals surface area contributed by atoms with E-state index in [-0.39, 0.29) is 24.3 Å². The maximum Gasteiger partial charge on any atom is 0.323 e. The maximum absolute atomic E-state index is 13.8. The van der Waals surface area contributed by atoms with Gasteiger partial charge in [-0.2, -0.15) is 14.4 Å². The molecule has 2 aliphatic rings. The third-order valence-corrected chi connectivity index (χ3v) is 9.19. The Morgan fingerprint density at radius 3 is 2.19 bits per heavy atom. The Morgan fingerprint density at radius 2 is 1.62 bits per heavy atom. The molecule has 3 aromatic rings. The zero-order valence-corrected chi connectivity index (χ0v) is 21.5. The summed E-state index contributed by atoms with van der Waals surface area (Å²) >= 11 is 5.96. The summed E-state index contributed by atoms with van der Waals surface area (Å²) in [4.78, 5) is 26.4. The molecule has 1 fully saturated rings. The first-order valence-electron chi connectivity index (χ1n) is 11.8. The van der Waals surface area contributed by atoms with Crippen molar-refractivity contribution in [2.45, 2.75) is 30.7 Å². The van der Waals surface area contributed by atoms with E-state index in [0.717, 1.165) is 15.4 Å². The first kappa shape index (κ1) is 25.1. The fourth-order valence-electron chi connectivity index (χ4n) is 5.19. The van der Waals surface area contributed by atoms with Gasteiger partial charge in [0.25, 0.3) is 5.91 Å². The van der Waals surface area contributed by atoms with Gasteiger partial charge in [-0.05, 0) is 53.9 Å². The minimum atomic E-state index is -4.25. The van der Waals surface area contributed by atoms with Crippen LogP contribution in [-0.2, 0) is 19.6 Å². The maximum atomic E-state index is 13.8. The molecule has 0 unspecified atom stereocenters. The van der Waals surface area contributed by atoms with E-state index in [1.54, 1.807) is 61.5 Å². The van der Waals surface area contributed by atoms with E-state index in [1.807, 2.05) is 12.1 Å². The minimum Gasteiger partial charge on any atom is -0.480 e. The molecule has 2 heterocycles. The largest absolute Gasteiger partial charge is 0.480 e. The summed E-state index contributed by atoms with van der Waals surface area (Å²) in [6.45, 7) is 1.59. The second kappa shape index (κ2) is 9.41. The van der Waals surface area contributed by atoms with Crippen molar-refractivity contribution in [2.24, 2.45) is 10.5 Å². The molecule has 1 N–H and O–H groups in total. The number of carboxylic acids is 1. The molecule has 2 atom stereocenters. The number of carbonyl (C=O) groups excluding carboxylic acids is 1. The van der Waals surface area contributed by atoms with Crippen molar-refractivity contribution in [1.82, 2.24) is 4.31 Å². The normalized spacial score (nSPS) is 22.0. The zero-order valence-electron chi connectivity index (χ0n) is 19.9. The predicted octanol–water partition coefficient (Wildman–Crippen LogP) is 4.65. The molecule has 8 nitrogen and oxygen atoms in total. The van der Waals surface area contributed by atoms with Crippen LogP contribution in [-0.4, -0.2) is 48.0 Å². The van der Waals surface area contributed by atoms with Crippen molar-refractivity contribution in [3.05, 3.63) is 83.9 Å². The fraction of sp³-hybridized carbons (Fsp3) is 0.222. The molecule has 0 radical (unpaired) electrons. The van der Waals surface area contributed by atoms with Gasteiger partial charge < -0.3 is 5.11 Å². The SMILES string of the molecule is CC[C@]12C(=O)N(c3ccccc3)N=C1CCN(S(=O)(=O)c1ccc(-c3ccc(Cl)cc3)cc1)[C@H]2C(=O)O. The van der Waals surface area contributed by atoms with Crippen molar-refractivity contribution in [3.8, 4) is 11.1 Å². The Hall–Kier alpha value is -3.53. The van der Waals surface area contributed by atoms with Crippen molar-refractivity contribution < 1.29 is 23.1 Å². The second-order valence-corrected chi connectivity index (χ2v) is 11.3. The van der Waals surface area contributed by atoms with Gasteiger partial charge in [0, 0.05) is 18.0 Å². The van der Waals surface area contributed by atoms with E-state index in [1.165, 1.54) is 17.1 Å². The van der Waals surface area contributed by atoms with Crippen LogP contribution in [0.4, 0.5) is 5.69 Å². The molecule has 10 heteroatoms. The number of halogens is 1. The quantitative estimate of drug-likeness (QED) is 0.492. The van der Waals surface area contributed by atoms with Gasteiger partial charge in [0.05, 0.1) is 16.3 Å². The number of nitrogens with zero attached hydrogens (tertiary/aromatic N) is 3. The molecule has 2 aliphatic heterocycles. The van der Waals surface area contributed by atoms with Gasteiger partial charge in [-0.15, -0.1) is 0 Å². The van der Waals surface area contributed by atoms with E-state index in [4.69, 9.17) is 11.6 Å². The lowest BCUT2D eigenvalue weighted by molar-refractivity contribution is -0.149. The Labute approximate surface area is 219 Å². The summed E-state index contributed by atoms with van der Waals surface area (Å²) < 4.78 is 28.5. The van der Waals surface area contributed by atoms with E-state index in [9.17, 15) is 23.1 Å². The summed E-state index contributed by atoms with van der Waals surface area (Å²) in [6.07, 6.45) is 0.237. The van der Waals surface area contributed by atoms with Crippen LogP contribution in [0.15, 0.2) is 88.9 Å². The van der Waals surface area contributed by atoms with Crippen molar-refractivity contribution in [1.29, 1.82) is 0 Å². The highest BCUT2D eigenvalue weighted by Gasteiger charge is 2.63. The molecule has 3 aromatic carbocycles. The highest BCUT2D eigenvalue weighted by Crippen LogP contribution is 2.46. The second-order valence-electron chi connectivity index (χ2n) is 8.96. The number of fused-ring (bicyclic) bond motifs is 1. The van der Waals surface area contributed by atoms with Crippen LogP contribution in [0.3, 0.4) is 0 Å².